The fourth-order valence-electron chi connectivity index (χ4n) is 1.44. The first kappa shape index (κ1) is 16.0. The number of methoxy groups -OCH3 is 1. The minimum Gasteiger partial charge on any atom is -0.410 e. The number of hydrogen-bond acceptors (Lipinski definition) is 4. The molecule has 0 fully saturated rings. The number of carbonyl (C=O) groups is 2. The molecule has 6 heteroatoms. The minimum absolute atomic E-state index is 0.110. The molecule has 6 nitrogen and oxygen atoms in total. The average molecular weight is 280 g/mol. The summed E-state index contributed by atoms with van der Waals surface area (Å²) >= 11 is 0. The van der Waals surface area contributed by atoms with E-state index in [0.29, 0.717) is 18.9 Å². The molecule has 0 aliphatic carbocycles. The predicted molar refractivity (Wildman–Crippen MR) is 74.6 cm³/mol. The number of carbonyl (C=O) groups excluding carboxylic acids is 2. The summed E-state index contributed by atoms with van der Waals surface area (Å²) in [4.78, 5) is 22.8. The molecule has 0 atom stereocenters. The maximum atomic E-state index is 11.4. The molecule has 110 valence electrons. The maximum absolute atomic E-state index is 11.4. The molecular weight excluding hydrogens is 260 g/mol. The van der Waals surface area contributed by atoms with Crippen LogP contribution >= 0.6 is 0 Å². The Morgan fingerprint density at radius 2 is 1.85 bits per heavy atom. The third kappa shape index (κ3) is 7.38. The summed E-state index contributed by atoms with van der Waals surface area (Å²) in [7, 11) is 1.62. The summed E-state index contributed by atoms with van der Waals surface area (Å²) in [5.41, 5.74) is 0. The van der Waals surface area contributed by atoms with Gasteiger partial charge in [-0.25, -0.2) is 4.79 Å². The molecule has 0 spiro atoms. The van der Waals surface area contributed by atoms with Crippen molar-refractivity contribution in [3.8, 4) is 5.75 Å². The smallest absolute Gasteiger partial charge is 0.410 e. The van der Waals surface area contributed by atoms with E-state index in [2.05, 4.69) is 10.6 Å². The number of para-hydroxylation sites is 1. The lowest BCUT2D eigenvalue weighted by molar-refractivity contribution is -0.120. The zero-order chi connectivity index (χ0) is 14.6. The van der Waals surface area contributed by atoms with Gasteiger partial charge in [-0.3, -0.25) is 4.79 Å². The summed E-state index contributed by atoms with van der Waals surface area (Å²) in [6.07, 6.45) is 0.422. The number of ether oxygens (including phenoxy) is 2. The van der Waals surface area contributed by atoms with Crippen LogP contribution in [0.2, 0.25) is 0 Å². The Morgan fingerprint density at radius 1 is 1.10 bits per heavy atom. The number of hydrogen-bond donors (Lipinski definition) is 2. The Bertz CT molecular complexity index is 409. The van der Waals surface area contributed by atoms with E-state index in [1.165, 1.54) is 0 Å². The number of nitrogens with one attached hydrogen (secondary N) is 2. The van der Waals surface area contributed by atoms with Crippen molar-refractivity contribution in [3.63, 3.8) is 0 Å². The maximum Gasteiger partial charge on any atom is 0.412 e. The van der Waals surface area contributed by atoms with Crippen LogP contribution in [0.5, 0.6) is 5.75 Å². The summed E-state index contributed by atoms with van der Waals surface area (Å²) < 4.78 is 9.88. The summed E-state index contributed by atoms with van der Waals surface area (Å²) in [6, 6.07) is 8.75. The van der Waals surface area contributed by atoms with Gasteiger partial charge in [-0.1, -0.05) is 18.2 Å². The Kier molecular flexibility index (Phi) is 7.83. The Hall–Kier alpha value is -2.08. The van der Waals surface area contributed by atoms with Crippen LogP contribution in [0.25, 0.3) is 0 Å². The van der Waals surface area contributed by atoms with Crippen LogP contribution in [0.15, 0.2) is 30.3 Å². The van der Waals surface area contributed by atoms with Crippen LogP contribution in [0, 0.1) is 0 Å². The Labute approximate surface area is 118 Å². The molecule has 1 aromatic rings. The van der Waals surface area contributed by atoms with E-state index in [-0.39, 0.29) is 18.9 Å². The molecule has 2 N–H and O–H groups in total. The molecule has 0 bridgehead atoms. The third-order valence-electron chi connectivity index (χ3n) is 2.42. The van der Waals surface area contributed by atoms with Crippen LogP contribution in [-0.2, 0) is 9.53 Å². The molecule has 0 unspecified atom stereocenters. The first-order valence-corrected chi connectivity index (χ1v) is 6.48. The second-order valence-corrected chi connectivity index (χ2v) is 4.08. The van der Waals surface area contributed by atoms with E-state index in [0.717, 1.165) is 6.42 Å². The van der Waals surface area contributed by atoms with Gasteiger partial charge in [0.15, 0.2) is 0 Å². The normalized spacial score (nSPS) is 9.85. The molecule has 20 heavy (non-hydrogen) atoms. The average Bonchev–Trinajstić information content (AvgIpc) is 2.45. The molecule has 1 aromatic carbocycles. The van der Waals surface area contributed by atoms with Crippen LogP contribution < -0.4 is 15.4 Å². The van der Waals surface area contributed by atoms with E-state index >= 15 is 0 Å². The molecule has 0 radical (unpaired) electrons. The van der Waals surface area contributed by atoms with Crippen molar-refractivity contribution >= 4 is 12.0 Å². The van der Waals surface area contributed by atoms with Gasteiger partial charge in [-0.2, -0.15) is 0 Å². The van der Waals surface area contributed by atoms with Gasteiger partial charge >= 0.3 is 6.09 Å². The van der Waals surface area contributed by atoms with Gasteiger partial charge in [0.25, 0.3) is 0 Å². The van der Waals surface area contributed by atoms with Gasteiger partial charge in [0.2, 0.25) is 5.91 Å². The van der Waals surface area contributed by atoms with E-state index < -0.39 is 6.09 Å². The lowest BCUT2D eigenvalue weighted by atomic mass is 10.3. The molecule has 0 aliphatic heterocycles. The van der Waals surface area contributed by atoms with Gasteiger partial charge in [-0.05, 0) is 18.6 Å². The van der Waals surface area contributed by atoms with E-state index in [1.807, 2.05) is 6.07 Å². The van der Waals surface area contributed by atoms with Crippen molar-refractivity contribution < 1.29 is 19.1 Å². The summed E-state index contributed by atoms with van der Waals surface area (Å²) in [6.45, 7) is 1.42. The van der Waals surface area contributed by atoms with Gasteiger partial charge in [0, 0.05) is 33.2 Å². The highest BCUT2D eigenvalue weighted by Gasteiger charge is 2.05. The Balaban J connectivity index is 2.08. The van der Waals surface area contributed by atoms with Crippen molar-refractivity contribution in [2.75, 3.05) is 26.8 Å². The molecule has 0 aliphatic rings. The topological polar surface area (TPSA) is 76.7 Å². The fraction of sp³-hybridized carbons (Fsp3) is 0.429. The first-order chi connectivity index (χ1) is 9.72. The van der Waals surface area contributed by atoms with E-state index in [1.54, 1.807) is 31.4 Å². The van der Waals surface area contributed by atoms with Crippen molar-refractivity contribution in [3.05, 3.63) is 30.3 Å². The van der Waals surface area contributed by atoms with Crippen LogP contribution in [-0.4, -0.2) is 38.8 Å². The summed E-state index contributed by atoms with van der Waals surface area (Å²) in [5, 5.41) is 5.25. The highest BCUT2D eigenvalue weighted by molar-refractivity contribution is 5.77. The van der Waals surface area contributed by atoms with Crippen LogP contribution in [0.1, 0.15) is 12.8 Å². The SMILES string of the molecule is COCCCNC(=O)CCNC(=O)Oc1ccccc1. The molecule has 0 saturated carbocycles. The molecule has 0 saturated heterocycles. The zero-order valence-electron chi connectivity index (χ0n) is 11.6. The third-order valence-corrected chi connectivity index (χ3v) is 2.42. The molecule has 0 aromatic heterocycles. The molecular formula is C14H20N2O4. The lowest BCUT2D eigenvalue weighted by Gasteiger charge is -2.07. The van der Waals surface area contributed by atoms with Crippen molar-refractivity contribution in [1.82, 2.24) is 10.6 Å². The standard InChI is InChI=1S/C14H20N2O4/c1-19-11-5-9-15-13(17)8-10-16-14(18)20-12-6-3-2-4-7-12/h2-4,6-7H,5,8-11H2,1H3,(H,15,17)(H,16,18). The number of benzene rings is 1. The highest BCUT2D eigenvalue weighted by Crippen LogP contribution is 2.07. The summed E-state index contributed by atoms with van der Waals surface area (Å²) in [5.74, 6) is 0.357. The van der Waals surface area contributed by atoms with Gasteiger partial charge in [-0.15, -0.1) is 0 Å². The van der Waals surface area contributed by atoms with Crippen LogP contribution in [0.3, 0.4) is 0 Å². The molecule has 0 heterocycles. The van der Waals surface area contributed by atoms with Crippen LogP contribution in [0.4, 0.5) is 4.79 Å². The second kappa shape index (κ2) is 9.80. The van der Waals surface area contributed by atoms with E-state index in [9.17, 15) is 9.59 Å². The van der Waals surface area contributed by atoms with E-state index in [4.69, 9.17) is 9.47 Å². The minimum atomic E-state index is -0.566. The van der Waals surface area contributed by atoms with Gasteiger partial charge in [0.05, 0.1) is 0 Å². The largest absolute Gasteiger partial charge is 0.412 e. The lowest BCUT2D eigenvalue weighted by Crippen LogP contribution is -2.32. The second-order valence-electron chi connectivity index (χ2n) is 4.08. The quantitative estimate of drug-likeness (QED) is 0.704. The first-order valence-electron chi connectivity index (χ1n) is 6.48. The van der Waals surface area contributed by atoms with Crippen molar-refractivity contribution in [1.29, 1.82) is 0 Å². The zero-order valence-corrected chi connectivity index (χ0v) is 11.6. The monoisotopic (exact) mass is 280 g/mol. The van der Waals surface area contributed by atoms with Crippen molar-refractivity contribution in [2.24, 2.45) is 0 Å². The van der Waals surface area contributed by atoms with Crippen molar-refractivity contribution in [2.45, 2.75) is 12.8 Å². The molecule has 1 rings (SSSR count). The fourth-order valence-corrected chi connectivity index (χ4v) is 1.44. The number of amides is 2. The highest BCUT2D eigenvalue weighted by atomic mass is 16.6. The molecule has 2 amide bonds. The predicted octanol–water partition coefficient (Wildman–Crippen LogP) is 1.32. The van der Waals surface area contributed by atoms with Gasteiger partial charge < -0.3 is 20.1 Å². The number of rotatable bonds is 8. The van der Waals surface area contributed by atoms with Gasteiger partial charge in [0.1, 0.15) is 5.75 Å². The Morgan fingerprint density at radius 3 is 2.55 bits per heavy atom.